The van der Waals surface area contributed by atoms with E-state index in [9.17, 15) is 5.11 Å². The predicted molar refractivity (Wildman–Crippen MR) is 82.5 cm³/mol. The Morgan fingerprint density at radius 2 is 1.84 bits per heavy atom. The van der Waals surface area contributed by atoms with E-state index in [0.29, 0.717) is 0 Å². The summed E-state index contributed by atoms with van der Waals surface area (Å²) in [7, 11) is 2.25. The van der Waals surface area contributed by atoms with Crippen LogP contribution in [0.5, 0.6) is 0 Å². The summed E-state index contributed by atoms with van der Waals surface area (Å²) in [6.45, 7) is 8.75. The monoisotopic (exact) mass is 270 g/mol. The number of likely N-dealkylation sites (N-methyl/N-ethyl adjacent to an activating group) is 1. The third-order valence-corrected chi connectivity index (χ3v) is 4.99. The standard InChI is InChI=1S/C16H34N2O/c1-5-14-7-9-15(10-8-14)18(4)12-11-16(3,13-19)17-6-2/h14-15,17,19H,5-13H2,1-4H3. The van der Waals surface area contributed by atoms with Gasteiger partial charge in [0, 0.05) is 11.6 Å². The van der Waals surface area contributed by atoms with Crippen LogP contribution in [0.1, 0.15) is 59.3 Å². The fourth-order valence-corrected chi connectivity index (χ4v) is 3.25. The summed E-state index contributed by atoms with van der Waals surface area (Å²) in [5.74, 6) is 0.967. The zero-order valence-electron chi connectivity index (χ0n) is 13.4. The van der Waals surface area contributed by atoms with Crippen molar-refractivity contribution in [3.05, 3.63) is 0 Å². The van der Waals surface area contributed by atoms with E-state index < -0.39 is 0 Å². The molecule has 1 fully saturated rings. The van der Waals surface area contributed by atoms with Crippen molar-refractivity contribution >= 4 is 0 Å². The Morgan fingerprint density at radius 1 is 1.21 bits per heavy atom. The second-order valence-electron chi connectivity index (χ2n) is 6.56. The smallest absolute Gasteiger partial charge is 0.0611 e. The average molecular weight is 270 g/mol. The van der Waals surface area contributed by atoms with Crippen LogP contribution < -0.4 is 5.32 Å². The largest absolute Gasteiger partial charge is 0.394 e. The molecule has 1 atom stereocenters. The molecule has 0 bridgehead atoms. The van der Waals surface area contributed by atoms with E-state index in [0.717, 1.165) is 31.5 Å². The molecule has 1 saturated carbocycles. The molecule has 1 aliphatic carbocycles. The van der Waals surface area contributed by atoms with Crippen molar-refractivity contribution in [2.75, 3.05) is 26.7 Å². The maximum atomic E-state index is 9.53. The van der Waals surface area contributed by atoms with E-state index in [1.807, 2.05) is 0 Å². The second kappa shape index (κ2) is 8.23. The first-order chi connectivity index (χ1) is 9.04. The molecule has 1 aliphatic rings. The quantitative estimate of drug-likeness (QED) is 0.712. The van der Waals surface area contributed by atoms with Gasteiger partial charge in [-0.2, -0.15) is 0 Å². The number of aliphatic hydroxyl groups is 1. The molecule has 0 amide bonds. The summed E-state index contributed by atoms with van der Waals surface area (Å²) in [6.07, 6.45) is 7.87. The van der Waals surface area contributed by atoms with Crippen LogP contribution in [0.15, 0.2) is 0 Å². The van der Waals surface area contributed by atoms with E-state index in [4.69, 9.17) is 0 Å². The molecule has 3 nitrogen and oxygen atoms in total. The Kier molecular flexibility index (Phi) is 7.33. The van der Waals surface area contributed by atoms with Gasteiger partial charge in [-0.3, -0.25) is 0 Å². The number of rotatable bonds is 8. The van der Waals surface area contributed by atoms with E-state index in [1.54, 1.807) is 0 Å². The molecule has 0 radical (unpaired) electrons. The van der Waals surface area contributed by atoms with Crippen molar-refractivity contribution in [2.45, 2.75) is 70.9 Å². The van der Waals surface area contributed by atoms with Crippen molar-refractivity contribution in [2.24, 2.45) is 5.92 Å². The van der Waals surface area contributed by atoms with Gasteiger partial charge in [-0.25, -0.2) is 0 Å². The van der Waals surface area contributed by atoms with E-state index in [1.165, 1.54) is 32.1 Å². The van der Waals surface area contributed by atoms with E-state index in [2.05, 4.69) is 38.0 Å². The number of nitrogens with one attached hydrogen (secondary N) is 1. The summed E-state index contributed by atoms with van der Waals surface area (Å²) in [5, 5.41) is 12.9. The SMILES string of the molecule is CCNC(C)(CO)CCN(C)C1CCC(CC)CC1. The third-order valence-electron chi connectivity index (χ3n) is 4.99. The van der Waals surface area contributed by atoms with Crippen molar-refractivity contribution in [3.63, 3.8) is 0 Å². The average Bonchev–Trinajstić information content (AvgIpc) is 2.45. The van der Waals surface area contributed by atoms with Gasteiger partial charge in [-0.15, -0.1) is 0 Å². The molecule has 0 aliphatic heterocycles. The fourth-order valence-electron chi connectivity index (χ4n) is 3.25. The molecule has 19 heavy (non-hydrogen) atoms. The van der Waals surface area contributed by atoms with Gasteiger partial charge in [-0.05, 0) is 65.1 Å². The van der Waals surface area contributed by atoms with Gasteiger partial charge >= 0.3 is 0 Å². The van der Waals surface area contributed by atoms with Crippen molar-refractivity contribution in [3.8, 4) is 0 Å². The van der Waals surface area contributed by atoms with Crippen LogP contribution in [-0.2, 0) is 0 Å². The van der Waals surface area contributed by atoms with Crippen molar-refractivity contribution < 1.29 is 5.11 Å². The molecule has 3 heteroatoms. The van der Waals surface area contributed by atoms with Gasteiger partial charge in [0.2, 0.25) is 0 Å². The molecule has 2 N–H and O–H groups in total. The van der Waals surface area contributed by atoms with Crippen LogP contribution >= 0.6 is 0 Å². The molecule has 0 aromatic heterocycles. The Hall–Kier alpha value is -0.120. The lowest BCUT2D eigenvalue weighted by molar-refractivity contribution is 0.122. The first kappa shape index (κ1) is 16.9. The minimum atomic E-state index is -0.121. The van der Waals surface area contributed by atoms with Crippen LogP contribution in [0, 0.1) is 5.92 Å². The van der Waals surface area contributed by atoms with Crippen LogP contribution in [0.2, 0.25) is 0 Å². The molecule has 114 valence electrons. The molecule has 1 rings (SSSR count). The van der Waals surface area contributed by atoms with Crippen LogP contribution in [-0.4, -0.2) is 48.3 Å². The predicted octanol–water partition coefficient (Wildman–Crippen LogP) is 2.64. The van der Waals surface area contributed by atoms with Crippen LogP contribution in [0.25, 0.3) is 0 Å². The number of hydrogen-bond acceptors (Lipinski definition) is 3. The van der Waals surface area contributed by atoms with Gasteiger partial charge in [-0.1, -0.05) is 20.3 Å². The minimum absolute atomic E-state index is 0.121. The highest BCUT2D eigenvalue weighted by Crippen LogP contribution is 2.29. The topological polar surface area (TPSA) is 35.5 Å². The molecule has 0 aromatic rings. The van der Waals surface area contributed by atoms with Gasteiger partial charge in [0.05, 0.1) is 6.61 Å². The Balaban J connectivity index is 2.32. The normalized spacial score (nSPS) is 27.5. The maximum absolute atomic E-state index is 9.53. The number of aliphatic hydroxyl groups excluding tert-OH is 1. The van der Waals surface area contributed by atoms with E-state index >= 15 is 0 Å². The summed E-state index contributed by atoms with van der Waals surface area (Å²) >= 11 is 0. The highest BCUT2D eigenvalue weighted by molar-refractivity contribution is 4.84. The molecule has 0 aromatic carbocycles. The Morgan fingerprint density at radius 3 is 2.32 bits per heavy atom. The maximum Gasteiger partial charge on any atom is 0.0611 e. The van der Waals surface area contributed by atoms with Gasteiger partial charge in [0.25, 0.3) is 0 Å². The van der Waals surface area contributed by atoms with Gasteiger partial charge in [0.1, 0.15) is 0 Å². The Labute approximate surface area is 119 Å². The highest BCUT2D eigenvalue weighted by atomic mass is 16.3. The molecule has 0 heterocycles. The summed E-state index contributed by atoms with van der Waals surface area (Å²) in [4.78, 5) is 2.51. The summed E-state index contributed by atoms with van der Waals surface area (Å²) in [5.41, 5.74) is -0.121. The zero-order valence-corrected chi connectivity index (χ0v) is 13.4. The zero-order chi connectivity index (χ0) is 14.3. The second-order valence-corrected chi connectivity index (χ2v) is 6.56. The van der Waals surface area contributed by atoms with Crippen LogP contribution in [0.3, 0.4) is 0 Å². The molecular weight excluding hydrogens is 236 g/mol. The third kappa shape index (κ3) is 5.41. The lowest BCUT2D eigenvalue weighted by Crippen LogP contribution is -2.48. The van der Waals surface area contributed by atoms with Crippen molar-refractivity contribution in [1.82, 2.24) is 10.2 Å². The molecule has 0 spiro atoms. The fraction of sp³-hybridized carbons (Fsp3) is 1.00. The van der Waals surface area contributed by atoms with Gasteiger partial charge < -0.3 is 15.3 Å². The number of hydrogen-bond donors (Lipinski definition) is 2. The number of nitrogens with zero attached hydrogens (tertiary/aromatic N) is 1. The Bertz CT molecular complexity index is 239. The molecule has 0 saturated heterocycles. The lowest BCUT2D eigenvalue weighted by Gasteiger charge is -2.37. The molecule has 1 unspecified atom stereocenters. The van der Waals surface area contributed by atoms with Gasteiger partial charge in [0.15, 0.2) is 0 Å². The first-order valence-electron chi connectivity index (χ1n) is 8.10. The molecular formula is C16H34N2O. The lowest BCUT2D eigenvalue weighted by atomic mass is 9.84. The van der Waals surface area contributed by atoms with Crippen LogP contribution in [0.4, 0.5) is 0 Å². The minimum Gasteiger partial charge on any atom is -0.394 e. The summed E-state index contributed by atoms with van der Waals surface area (Å²) < 4.78 is 0. The van der Waals surface area contributed by atoms with E-state index in [-0.39, 0.29) is 12.1 Å². The van der Waals surface area contributed by atoms with Crippen molar-refractivity contribution in [1.29, 1.82) is 0 Å². The first-order valence-corrected chi connectivity index (χ1v) is 8.10. The summed E-state index contributed by atoms with van der Waals surface area (Å²) in [6, 6.07) is 0.757. The highest BCUT2D eigenvalue weighted by Gasteiger charge is 2.26.